The fraction of sp³-hybridized carbons (Fsp3) is 0.263. The summed E-state index contributed by atoms with van der Waals surface area (Å²) in [7, 11) is 0. The number of carbonyl (C=O) groups excluding carboxylic acids is 3. The first-order valence-electron chi connectivity index (χ1n) is 8.65. The average molecular weight is 367 g/mol. The molecule has 2 heterocycles. The van der Waals surface area contributed by atoms with Gasteiger partial charge in [-0.15, -0.1) is 0 Å². The number of hydrogen-bond donors (Lipinski definition) is 3. The minimum absolute atomic E-state index is 0.198. The quantitative estimate of drug-likeness (QED) is 0.706. The first-order chi connectivity index (χ1) is 13.1. The maximum Gasteiger partial charge on any atom is 0.251 e. The molecule has 140 valence electrons. The van der Waals surface area contributed by atoms with Crippen molar-refractivity contribution in [3.8, 4) is 0 Å². The molecule has 0 aliphatic carbocycles. The molecule has 8 heteroatoms. The molecule has 4 N–H and O–H groups in total. The largest absolute Gasteiger partial charge is 0.347 e. The molecule has 8 nitrogen and oxygen atoms in total. The van der Waals surface area contributed by atoms with Crippen molar-refractivity contribution < 1.29 is 14.4 Å². The van der Waals surface area contributed by atoms with Crippen molar-refractivity contribution in [1.29, 1.82) is 0 Å². The number of likely N-dealkylation sites (tertiary alicyclic amines) is 1. The highest BCUT2D eigenvalue weighted by Gasteiger charge is 2.39. The van der Waals surface area contributed by atoms with Crippen molar-refractivity contribution in [2.75, 3.05) is 18.4 Å². The molecule has 0 bridgehead atoms. The van der Waals surface area contributed by atoms with E-state index in [1.165, 1.54) is 11.1 Å². The van der Waals surface area contributed by atoms with Crippen LogP contribution in [0.25, 0.3) is 0 Å². The van der Waals surface area contributed by atoms with Crippen LogP contribution in [0.15, 0.2) is 54.9 Å². The van der Waals surface area contributed by atoms with Gasteiger partial charge in [0.05, 0.1) is 18.4 Å². The first kappa shape index (κ1) is 18.5. The maximum atomic E-state index is 12.7. The molecule has 0 radical (unpaired) electrons. The van der Waals surface area contributed by atoms with E-state index in [-0.39, 0.29) is 36.9 Å². The van der Waals surface area contributed by atoms with Crippen LogP contribution >= 0.6 is 0 Å². The number of pyridine rings is 1. The van der Waals surface area contributed by atoms with Gasteiger partial charge in [-0.2, -0.15) is 0 Å². The van der Waals surface area contributed by atoms with Gasteiger partial charge in [0.25, 0.3) is 5.91 Å². The third-order valence-corrected chi connectivity index (χ3v) is 4.40. The van der Waals surface area contributed by atoms with Gasteiger partial charge in [0.15, 0.2) is 0 Å². The van der Waals surface area contributed by atoms with E-state index in [1.807, 2.05) is 6.07 Å². The summed E-state index contributed by atoms with van der Waals surface area (Å²) < 4.78 is 0. The molecule has 0 spiro atoms. The highest BCUT2D eigenvalue weighted by atomic mass is 16.2. The van der Waals surface area contributed by atoms with Crippen molar-refractivity contribution in [3.05, 3.63) is 60.4 Å². The lowest BCUT2D eigenvalue weighted by molar-refractivity contribution is -0.135. The summed E-state index contributed by atoms with van der Waals surface area (Å²) in [5.41, 5.74) is 6.55. The van der Waals surface area contributed by atoms with Crippen LogP contribution in [-0.4, -0.2) is 52.8 Å². The SMILES string of the molecule is NCC(=O)N1CC(NC(=O)c2ccccc2)CC1C(=O)Nc1cccnc1. The Morgan fingerprint density at radius 2 is 1.93 bits per heavy atom. The van der Waals surface area contributed by atoms with Crippen molar-refractivity contribution in [2.45, 2.75) is 18.5 Å². The predicted octanol–water partition coefficient (Wildman–Crippen LogP) is 0.378. The summed E-state index contributed by atoms with van der Waals surface area (Å²) in [5.74, 6) is -0.909. The zero-order valence-electron chi connectivity index (χ0n) is 14.7. The van der Waals surface area contributed by atoms with Crippen LogP contribution in [0.1, 0.15) is 16.8 Å². The highest BCUT2D eigenvalue weighted by molar-refractivity contribution is 5.98. The summed E-state index contributed by atoms with van der Waals surface area (Å²) in [4.78, 5) is 42.6. The zero-order chi connectivity index (χ0) is 19.2. The Hall–Kier alpha value is -3.26. The summed E-state index contributed by atoms with van der Waals surface area (Å²) in [5, 5.41) is 5.64. The van der Waals surface area contributed by atoms with E-state index in [9.17, 15) is 14.4 Å². The number of anilines is 1. The Kier molecular flexibility index (Phi) is 5.77. The van der Waals surface area contributed by atoms with E-state index >= 15 is 0 Å². The van der Waals surface area contributed by atoms with E-state index in [0.717, 1.165) is 0 Å². The van der Waals surface area contributed by atoms with Crippen LogP contribution < -0.4 is 16.4 Å². The maximum absolute atomic E-state index is 12.7. The molecule has 2 unspecified atom stereocenters. The van der Waals surface area contributed by atoms with Gasteiger partial charge < -0.3 is 21.3 Å². The number of aromatic nitrogens is 1. The van der Waals surface area contributed by atoms with Crippen molar-refractivity contribution in [1.82, 2.24) is 15.2 Å². The lowest BCUT2D eigenvalue weighted by atomic mass is 10.1. The molecule has 0 saturated carbocycles. The normalized spacial score (nSPS) is 18.8. The smallest absolute Gasteiger partial charge is 0.251 e. The van der Waals surface area contributed by atoms with Crippen LogP contribution in [-0.2, 0) is 9.59 Å². The summed E-state index contributed by atoms with van der Waals surface area (Å²) >= 11 is 0. The standard InChI is InChI=1S/C19H21N5O3/c20-10-17(25)24-12-15(23-18(26)13-5-2-1-3-6-13)9-16(24)19(27)22-14-7-4-8-21-11-14/h1-8,11,15-16H,9-10,12,20H2,(H,22,27)(H,23,26). The molecule has 1 aromatic carbocycles. The monoisotopic (exact) mass is 367 g/mol. The van der Waals surface area contributed by atoms with Gasteiger partial charge in [0.2, 0.25) is 11.8 Å². The lowest BCUT2D eigenvalue weighted by Crippen LogP contribution is -2.46. The minimum Gasteiger partial charge on any atom is -0.347 e. The van der Waals surface area contributed by atoms with Gasteiger partial charge in [-0.3, -0.25) is 19.4 Å². The van der Waals surface area contributed by atoms with E-state index in [0.29, 0.717) is 17.7 Å². The number of hydrogen-bond acceptors (Lipinski definition) is 5. The van der Waals surface area contributed by atoms with Gasteiger partial charge >= 0.3 is 0 Å². The molecule has 2 atom stereocenters. The lowest BCUT2D eigenvalue weighted by Gasteiger charge is -2.23. The van der Waals surface area contributed by atoms with Crippen molar-refractivity contribution in [2.24, 2.45) is 5.73 Å². The third-order valence-electron chi connectivity index (χ3n) is 4.40. The molecule has 2 aromatic rings. The van der Waals surface area contributed by atoms with Crippen molar-refractivity contribution in [3.63, 3.8) is 0 Å². The van der Waals surface area contributed by atoms with E-state index in [1.54, 1.807) is 42.6 Å². The second kappa shape index (κ2) is 8.41. The van der Waals surface area contributed by atoms with Crippen LogP contribution in [0.4, 0.5) is 5.69 Å². The fourth-order valence-corrected chi connectivity index (χ4v) is 3.10. The molecule has 1 aromatic heterocycles. The molecule has 1 saturated heterocycles. The van der Waals surface area contributed by atoms with Gasteiger partial charge in [0, 0.05) is 24.3 Å². The third kappa shape index (κ3) is 4.48. The number of benzene rings is 1. The van der Waals surface area contributed by atoms with E-state index in [2.05, 4.69) is 15.6 Å². The van der Waals surface area contributed by atoms with E-state index < -0.39 is 6.04 Å². The molecule has 3 amide bonds. The van der Waals surface area contributed by atoms with E-state index in [4.69, 9.17) is 5.73 Å². The van der Waals surface area contributed by atoms with Crippen LogP contribution in [0.5, 0.6) is 0 Å². The van der Waals surface area contributed by atoms with Crippen LogP contribution in [0.3, 0.4) is 0 Å². The molecule has 27 heavy (non-hydrogen) atoms. The number of nitrogens with two attached hydrogens (primary N) is 1. The Bertz CT molecular complexity index is 813. The van der Waals surface area contributed by atoms with Gasteiger partial charge in [-0.05, 0) is 30.7 Å². The molecule has 3 rings (SSSR count). The Morgan fingerprint density at radius 3 is 2.59 bits per heavy atom. The Labute approximate surface area is 156 Å². The fourth-order valence-electron chi connectivity index (χ4n) is 3.10. The number of amides is 3. The second-order valence-corrected chi connectivity index (χ2v) is 6.27. The summed E-state index contributed by atoms with van der Waals surface area (Å²) in [6.45, 7) is 0.0375. The summed E-state index contributed by atoms with van der Waals surface area (Å²) in [6, 6.07) is 11.2. The second-order valence-electron chi connectivity index (χ2n) is 6.27. The predicted molar refractivity (Wildman–Crippen MR) is 99.7 cm³/mol. The molecule has 1 aliphatic rings. The Balaban J connectivity index is 1.69. The molecular weight excluding hydrogens is 346 g/mol. The number of carbonyl (C=O) groups is 3. The molecule has 1 aliphatic heterocycles. The topological polar surface area (TPSA) is 117 Å². The Morgan fingerprint density at radius 1 is 1.15 bits per heavy atom. The van der Waals surface area contributed by atoms with Crippen molar-refractivity contribution >= 4 is 23.4 Å². The zero-order valence-corrected chi connectivity index (χ0v) is 14.7. The number of rotatable bonds is 5. The number of nitrogens with one attached hydrogen (secondary N) is 2. The summed E-state index contributed by atoms with van der Waals surface area (Å²) in [6.07, 6.45) is 3.44. The van der Waals surface area contributed by atoms with Crippen LogP contribution in [0.2, 0.25) is 0 Å². The minimum atomic E-state index is -0.706. The first-order valence-corrected chi connectivity index (χ1v) is 8.65. The van der Waals surface area contributed by atoms with Gasteiger partial charge in [-0.1, -0.05) is 18.2 Å². The van der Waals surface area contributed by atoms with Gasteiger partial charge in [-0.25, -0.2) is 0 Å². The number of nitrogens with zero attached hydrogens (tertiary/aromatic N) is 2. The van der Waals surface area contributed by atoms with Gasteiger partial charge in [0.1, 0.15) is 6.04 Å². The molecular formula is C19H21N5O3. The highest BCUT2D eigenvalue weighted by Crippen LogP contribution is 2.20. The molecule has 1 fully saturated rings. The average Bonchev–Trinajstić information content (AvgIpc) is 3.12. The van der Waals surface area contributed by atoms with Crippen LogP contribution in [0, 0.1) is 0 Å².